The quantitative estimate of drug-likeness (QED) is 0.456. The van der Waals surface area contributed by atoms with E-state index < -0.39 is 28.1 Å². The highest BCUT2D eigenvalue weighted by Gasteiger charge is 2.70. The number of carbonyl (C=O) groups is 3. The normalized spacial score (nSPS) is 30.8. The van der Waals surface area contributed by atoms with E-state index in [9.17, 15) is 14.4 Å². The summed E-state index contributed by atoms with van der Waals surface area (Å²) >= 11 is 0. The van der Waals surface area contributed by atoms with E-state index in [1.807, 2.05) is 43.8 Å². The van der Waals surface area contributed by atoms with Gasteiger partial charge in [0.2, 0.25) is 0 Å². The Labute approximate surface area is 164 Å². The SMILES string of the molecule is C=C[C@]1(C)C(=O)C[C@H]2C(=O)[C@]1(C(=O)OC)c1cccc3c1c(cn3C)C2(C)C. The minimum absolute atomic E-state index is 0.0808. The van der Waals surface area contributed by atoms with Crippen LogP contribution in [0.4, 0.5) is 0 Å². The van der Waals surface area contributed by atoms with Crippen LogP contribution >= 0.6 is 0 Å². The van der Waals surface area contributed by atoms with Gasteiger partial charge in [-0.05, 0) is 24.1 Å². The summed E-state index contributed by atoms with van der Waals surface area (Å²) in [4.78, 5) is 40.9. The summed E-state index contributed by atoms with van der Waals surface area (Å²) in [7, 11) is 3.22. The predicted octanol–water partition coefficient (Wildman–Crippen LogP) is 3.23. The summed E-state index contributed by atoms with van der Waals surface area (Å²) in [6, 6.07) is 5.59. The predicted molar refractivity (Wildman–Crippen MR) is 106 cm³/mol. The molecule has 2 aliphatic rings. The second-order valence-corrected chi connectivity index (χ2v) is 8.77. The van der Waals surface area contributed by atoms with Gasteiger partial charge in [0.1, 0.15) is 5.78 Å². The molecule has 1 aromatic heterocycles. The number of fused-ring (bicyclic) bond motifs is 3. The number of ether oxygens (including phenoxy) is 1. The second-order valence-electron chi connectivity index (χ2n) is 8.77. The van der Waals surface area contributed by atoms with Crippen LogP contribution < -0.4 is 0 Å². The van der Waals surface area contributed by atoms with Gasteiger partial charge >= 0.3 is 5.97 Å². The van der Waals surface area contributed by atoms with E-state index in [1.165, 1.54) is 13.2 Å². The molecule has 0 N–H and O–H groups in total. The van der Waals surface area contributed by atoms with Gasteiger partial charge in [-0.1, -0.05) is 32.1 Å². The molecule has 1 fully saturated rings. The van der Waals surface area contributed by atoms with Crippen molar-refractivity contribution in [2.24, 2.45) is 18.4 Å². The monoisotopic (exact) mass is 379 g/mol. The van der Waals surface area contributed by atoms with Gasteiger partial charge < -0.3 is 9.30 Å². The van der Waals surface area contributed by atoms with Crippen molar-refractivity contribution in [3.8, 4) is 0 Å². The van der Waals surface area contributed by atoms with Crippen molar-refractivity contribution >= 4 is 28.4 Å². The third kappa shape index (κ3) is 1.75. The maximum atomic E-state index is 14.1. The zero-order valence-electron chi connectivity index (χ0n) is 17.0. The smallest absolute Gasteiger partial charge is 0.325 e. The lowest BCUT2D eigenvalue weighted by Crippen LogP contribution is -2.65. The number of allylic oxidation sites excluding steroid dienone is 1. The molecular weight excluding hydrogens is 354 g/mol. The second kappa shape index (κ2) is 5.43. The Kier molecular flexibility index (Phi) is 3.62. The van der Waals surface area contributed by atoms with Crippen LogP contribution in [0.25, 0.3) is 10.9 Å². The molecule has 2 bridgehead atoms. The number of aromatic nitrogens is 1. The van der Waals surface area contributed by atoms with Crippen molar-refractivity contribution in [1.82, 2.24) is 4.57 Å². The van der Waals surface area contributed by atoms with Gasteiger partial charge in [-0.3, -0.25) is 14.4 Å². The van der Waals surface area contributed by atoms with Crippen molar-refractivity contribution in [3.05, 3.63) is 48.2 Å². The van der Waals surface area contributed by atoms with Crippen molar-refractivity contribution in [2.75, 3.05) is 7.11 Å². The lowest BCUT2D eigenvalue weighted by Gasteiger charge is -2.49. The van der Waals surface area contributed by atoms with E-state index in [0.717, 1.165) is 16.5 Å². The number of benzene rings is 1. The van der Waals surface area contributed by atoms with Crippen LogP contribution in [0.15, 0.2) is 37.1 Å². The first kappa shape index (κ1) is 18.7. The molecule has 3 atom stereocenters. The Balaban J connectivity index is 2.31. The number of ketones is 2. The topological polar surface area (TPSA) is 65.4 Å². The van der Waals surface area contributed by atoms with Gasteiger partial charge in [0.05, 0.1) is 12.5 Å². The first-order valence-corrected chi connectivity index (χ1v) is 9.47. The molecule has 2 aliphatic carbocycles. The molecule has 1 saturated carbocycles. The van der Waals surface area contributed by atoms with Crippen molar-refractivity contribution in [2.45, 2.75) is 38.0 Å². The summed E-state index contributed by atoms with van der Waals surface area (Å²) in [6.45, 7) is 9.47. The van der Waals surface area contributed by atoms with Crippen LogP contribution in [0, 0.1) is 11.3 Å². The van der Waals surface area contributed by atoms with Gasteiger partial charge in [-0.25, -0.2) is 0 Å². The highest BCUT2D eigenvalue weighted by atomic mass is 16.5. The Hall–Kier alpha value is -2.69. The lowest BCUT2D eigenvalue weighted by molar-refractivity contribution is -0.167. The third-order valence-corrected chi connectivity index (χ3v) is 7.32. The number of Topliss-reactive ketones (excluding diaryl/α,β-unsaturated/α-hetero) is 2. The van der Waals surface area contributed by atoms with Gasteiger partial charge in [0.25, 0.3) is 0 Å². The van der Waals surface area contributed by atoms with E-state index in [-0.39, 0.29) is 18.0 Å². The Morgan fingerprint density at radius 3 is 2.54 bits per heavy atom. The van der Waals surface area contributed by atoms with Gasteiger partial charge in [-0.15, -0.1) is 6.58 Å². The molecule has 4 rings (SSSR count). The molecule has 146 valence electrons. The molecule has 28 heavy (non-hydrogen) atoms. The third-order valence-electron chi connectivity index (χ3n) is 7.32. The summed E-state index contributed by atoms with van der Waals surface area (Å²) < 4.78 is 7.21. The highest BCUT2D eigenvalue weighted by molar-refractivity contribution is 6.22. The number of hydrogen-bond acceptors (Lipinski definition) is 4. The summed E-state index contributed by atoms with van der Waals surface area (Å²) in [6.07, 6.45) is 3.56. The average Bonchev–Trinajstić information content (AvgIpc) is 3.00. The van der Waals surface area contributed by atoms with Crippen molar-refractivity contribution in [3.63, 3.8) is 0 Å². The Bertz CT molecular complexity index is 1080. The van der Waals surface area contributed by atoms with Gasteiger partial charge in [0.15, 0.2) is 11.2 Å². The minimum Gasteiger partial charge on any atom is -0.468 e. The molecule has 1 aromatic carbocycles. The van der Waals surface area contributed by atoms with Crippen LogP contribution in [-0.4, -0.2) is 29.2 Å². The zero-order valence-corrected chi connectivity index (χ0v) is 17.0. The first-order chi connectivity index (χ1) is 13.1. The van der Waals surface area contributed by atoms with E-state index in [0.29, 0.717) is 5.56 Å². The average molecular weight is 379 g/mol. The molecule has 0 amide bonds. The zero-order chi connectivity index (χ0) is 20.6. The Morgan fingerprint density at radius 2 is 1.93 bits per heavy atom. The fraction of sp³-hybridized carbons (Fsp3) is 0.435. The lowest BCUT2D eigenvalue weighted by atomic mass is 9.49. The van der Waals surface area contributed by atoms with Crippen LogP contribution in [0.5, 0.6) is 0 Å². The molecular formula is C23H25NO4. The number of carbonyl (C=O) groups excluding carboxylic acids is 3. The standard InChI is InChI=1S/C23H25NO4/c1-7-22(4)17(25)11-14-19(26)23(22,20(27)28-6)13-9-8-10-16-18(13)15(12-24(16)5)21(14,2)3/h7-10,12,14H,1,11H2,2-6H3/t14-,22+,23-/m0/s1. The fourth-order valence-electron chi connectivity index (χ4n) is 5.49. The molecule has 0 aliphatic heterocycles. The molecule has 0 radical (unpaired) electrons. The van der Waals surface area contributed by atoms with Crippen molar-refractivity contribution < 1.29 is 19.1 Å². The Morgan fingerprint density at radius 1 is 1.25 bits per heavy atom. The largest absolute Gasteiger partial charge is 0.468 e. The molecule has 0 saturated heterocycles. The van der Waals surface area contributed by atoms with E-state index >= 15 is 0 Å². The van der Waals surface area contributed by atoms with E-state index in [2.05, 4.69) is 6.58 Å². The van der Waals surface area contributed by atoms with Crippen LogP contribution in [0.3, 0.4) is 0 Å². The highest BCUT2D eigenvalue weighted by Crippen LogP contribution is 2.59. The van der Waals surface area contributed by atoms with E-state index in [1.54, 1.807) is 13.0 Å². The molecule has 5 nitrogen and oxygen atoms in total. The number of esters is 1. The summed E-state index contributed by atoms with van der Waals surface area (Å²) in [5.41, 5.74) is -1.29. The van der Waals surface area contributed by atoms with Gasteiger partial charge in [-0.2, -0.15) is 0 Å². The number of methoxy groups -OCH3 is 1. The summed E-state index contributed by atoms with van der Waals surface area (Å²) in [5.74, 6) is -1.72. The summed E-state index contributed by atoms with van der Waals surface area (Å²) in [5, 5.41) is 0.860. The maximum Gasteiger partial charge on any atom is 0.325 e. The van der Waals surface area contributed by atoms with Crippen molar-refractivity contribution in [1.29, 1.82) is 0 Å². The molecule has 0 unspecified atom stereocenters. The number of nitrogens with zero attached hydrogens (tertiary/aromatic N) is 1. The number of hydrogen-bond donors (Lipinski definition) is 0. The number of aryl methyl sites for hydroxylation is 1. The number of rotatable bonds is 2. The van der Waals surface area contributed by atoms with Gasteiger partial charge in [0, 0.05) is 41.9 Å². The minimum atomic E-state index is -1.74. The molecule has 1 heterocycles. The molecule has 0 spiro atoms. The molecule has 2 aromatic rings. The fourth-order valence-corrected chi connectivity index (χ4v) is 5.49. The maximum absolute atomic E-state index is 14.1. The van der Waals surface area contributed by atoms with Crippen LogP contribution in [-0.2, 0) is 37.0 Å². The van der Waals surface area contributed by atoms with Crippen LogP contribution in [0.2, 0.25) is 0 Å². The molecule has 5 heteroatoms. The van der Waals surface area contributed by atoms with Crippen LogP contribution in [0.1, 0.15) is 38.3 Å². The first-order valence-electron chi connectivity index (χ1n) is 9.47. The van der Waals surface area contributed by atoms with E-state index in [4.69, 9.17) is 4.74 Å².